The monoisotopic (exact) mass is 311 g/mol. The van der Waals surface area contributed by atoms with Crippen LogP contribution in [0.25, 0.3) is 0 Å². The SMILES string of the molecule is COC(=O)C(Nc1c(C)cc(Br)cc1C)C1CC1. The number of hydrogen-bond donors (Lipinski definition) is 1. The van der Waals surface area contributed by atoms with E-state index in [2.05, 4.69) is 33.4 Å². The summed E-state index contributed by atoms with van der Waals surface area (Å²) in [7, 11) is 1.45. The summed E-state index contributed by atoms with van der Waals surface area (Å²) in [6, 6.07) is 3.89. The molecule has 0 bridgehead atoms. The molecule has 1 aromatic rings. The van der Waals surface area contributed by atoms with Gasteiger partial charge in [0, 0.05) is 10.2 Å². The molecule has 1 aliphatic rings. The van der Waals surface area contributed by atoms with Crippen LogP contribution in [0.4, 0.5) is 5.69 Å². The number of carbonyl (C=O) groups is 1. The number of ether oxygens (including phenoxy) is 1. The van der Waals surface area contributed by atoms with Crippen LogP contribution in [0.2, 0.25) is 0 Å². The van der Waals surface area contributed by atoms with Crippen LogP contribution in [0.1, 0.15) is 24.0 Å². The maximum atomic E-state index is 11.8. The van der Waals surface area contributed by atoms with Crippen molar-refractivity contribution in [2.75, 3.05) is 12.4 Å². The molecular formula is C14H18BrNO2. The summed E-state index contributed by atoms with van der Waals surface area (Å²) in [4.78, 5) is 11.8. The third-order valence-electron chi connectivity index (χ3n) is 3.35. The van der Waals surface area contributed by atoms with Gasteiger partial charge in [-0.05, 0) is 55.9 Å². The molecular weight excluding hydrogens is 294 g/mol. The minimum atomic E-state index is -0.214. The number of halogens is 1. The number of aryl methyl sites for hydroxylation is 2. The minimum Gasteiger partial charge on any atom is -0.467 e. The summed E-state index contributed by atoms with van der Waals surface area (Å²) in [6.45, 7) is 4.09. The molecule has 0 radical (unpaired) electrons. The van der Waals surface area contributed by atoms with Gasteiger partial charge in [0.25, 0.3) is 0 Å². The lowest BCUT2D eigenvalue weighted by Crippen LogP contribution is -2.33. The van der Waals surface area contributed by atoms with E-state index in [0.717, 1.165) is 34.1 Å². The van der Waals surface area contributed by atoms with Gasteiger partial charge in [-0.15, -0.1) is 0 Å². The summed E-state index contributed by atoms with van der Waals surface area (Å²) < 4.78 is 5.94. The quantitative estimate of drug-likeness (QED) is 0.866. The molecule has 0 amide bonds. The molecule has 0 saturated heterocycles. The fourth-order valence-electron chi connectivity index (χ4n) is 2.22. The summed E-state index contributed by atoms with van der Waals surface area (Å²) in [5, 5.41) is 3.36. The van der Waals surface area contributed by atoms with Crippen molar-refractivity contribution >= 4 is 27.6 Å². The second-order valence-corrected chi connectivity index (χ2v) is 5.81. The maximum Gasteiger partial charge on any atom is 0.328 e. The normalized spacial score (nSPS) is 16.2. The van der Waals surface area contributed by atoms with Crippen molar-refractivity contribution in [3.05, 3.63) is 27.7 Å². The average molecular weight is 312 g/mol. The minimum absolute atomic E-state index is 0.167. The molecule has 0 spiro atoms. The Morgan fingerprint density at radius 2 is 1.94 bits per heavy atom. The van der Waals surface area contributed by atoms with Gasteiger partial charge in [-0.1, -0.05) is 15.9 Å². The first-order valence-corrected chi connectivity index (χ1v) is 6.93. The van der Waals surface area contributed by atoms with Crippen LogP contribution in [0.5, 0.6) is 0 Å². The number of rotatable bonds is 4. The molecule has 4 heteroatoms. The molecule has 1 N–H and O–H groups in total. The van der Waals surface area contributed by atoms with Crippen LogP contribution in [0.3, 0.4) is 0 Å². The lowest BCUT2D eigenvalue weighted by molar-refractivity contribution is -0.142. The number of methoxy groups -OCH3 is 1. The Labute approximate surface area is 116 Å². The topological polar surface area (TPSA) is 38.3 Å². The number of carbonyl (C=O) groups excluding carboxylic acids is 1. The summed E-state index contributed by atoms with van der Waals surface area (Å²) >= 11 is 3.48. The van der Waals surface area contributed by atoms with E-state index in [0.29, 0.717) is 5.92 Å². The second-order valence-electron chi connectivity index (χ2n) is 4.90. The molecule has 1 aliphatic carbocycles. The van der Waals surface area contributed by atoms with Crippen LogP contribution in [-0.2, 0) is 9.53 Å². The average Bonchev–Trinajstić information content (AvgIpc) is 3.11. The predicted octanol–water partition coefficient (Wildman–Crippen LogP) is 3.43. The first kappa shape index (κ1) is 13.4. The highest BCUT2D eigenvalue weighted by Crippen LogP contribution is 2.36. The van der Waals surface area contributed by atoms with Gasteiger partial charge >= 0.3 is 5.97 Å². The Bertz CT molecular complexity index is 446. The van der Waals surface area contributed by atoms with Crippen LogP contribution < -0.4 is 5.32 Å². The fraction of sp³-hybridized carbons (Fsp3) is 0.500. The largest absolute Gasteiger partial charge is 0.467 e. The second kappa shape index (κ2) is 5.31. The van der Waals surface area contributed by atoms with Crippen molar-refractivity contribution in [3.63, 3.8) is 0 Å². The summed E-state index contributed by atoms with van der Waals surface area (Å²) in [5.41, 5.74) is 3.31. The highest BCUT2D eigenvalue weighted by Gasteiger charge is 2.37. The number of esters is 1. The van der Waals surface area contributed by atoms with Gasteiger partial charge in [0.15, 0.2) is 0 Å². The summed E-state index contributed by atoms with van der Waals surface area (Å²) in [5.74, 6) is 0.249. The van der Waals surface area contributed by atoms with Gasteiger partial charge in [-0.3, -0.25) is 0 Å². The van der Waals surface area contributed by atoms with Crippen molar-refractivity contribution in [1.29, 1.82) is 0 Å². The van der Waals surface area contributed by atoms with Gasteiger partial charge in [-0.2, -0.15) is 0 Å². The molecule has 3 nitrogen and oxygen atoms in total. The molecule has 1 fully saturated rings. The first-order valence-electron chi connectivity index (χ1n) is 6.14. The molecule has 1 atom stereocenters. The third-order valence-corrected chi connectivity index (χ3v) is 3.80. The number of hydrogen-bond acceptors (Lipinski definition) is 3. The molecule has 98 valence electrons. The molecule has 2 rings (SSSR count). The maximum absolute atomic E-state index is 11.8. The van der Waals surface area contributed by atoms with Gasteiger partial charge < -0.3 is 10.1 Å². The number of benzene rings is 1. The van der Waals surface area contributed by atoms with E-state index in [4.69, 9.17) is 4.74 Å². The van der Waals surface area contributed by atoms with Crippen LogP contribution >= 0.6 is 15.9 Å². The zero-order valence-electron chi connectivity index (χ0n) is 10.9. The smallest absolute Gasteiger partial charge is 0.328 e. The zero-order chi connectivity index (χ0) is 13.3. The molecule has 0 aromatic heterocycles. The Balaban J connectivity index is 2.24. The van der Waals surface area contributed by atoms with Crippen molar-refractivity contribution in [1.82, 2.24) is 0 Å². The van der Waals surface area contributed by atoms with E-state index < -0.39 is 0 Å². The van der Waals surface area contributed by atoms with E-state index in [9.17, 15) is 4.79 Å². The Kier molecular flexibility index (Phi) is 3.95. The van der Waals surface area contributed by atoms with Gasteiger partial charge in [-0.25, -0.2) is 4.79 Å². The highest BCUT2D eigenvalue weighted by atomic mass is 79.9. The van der Waals surface area contributed by atoms with Crippen molar-refractivity contribution in [3.8, 4) is 0 Å². The molecule has 1 unspecified atom stereocenters. The van der Waals surface area contributed by atoms with E-state index >= 15 is 0 Å². The number of anilines is 1. The van der Waals surface area contributed by atoms with E-state index in [-0.39, 0.29) is 12.0 Å². The molecule has 0 aliphatic heterocycles. The highest BCUT2D eigenvalue weighted by molar-refractivity contribution is 9.10. The van der Waals surface area contributed by atoms with Crippen molar-refractivity contribution in [2.24, 2.45) is 5.92 Å². The molecule has 1 aromatic carbocycles. The fourth-order valence-corrected chi connectivity index (χ4v) is 2.91. The van der Waals surface area contributed by atoms with Crippen LogP contribution in [0, 0.1) is 19.8 Å². The van der Waals surface area contributed by atoms with Gasteiger partial charge in [0.05, 0.1) is 7.11 Å². The number of nitrogens with one attached hydrogen (secondary N) is 1. The predicted molar refractivity (Wildman–Crippen MR) is 75.8 cm³/mol. The Hall–Kier alpha value is -1.03. The lowest BCUT2D eigenvalue weighted by atomic mass is 10.1. The van der Waals surface area contributed by atoms with Crippen LogP contribution in [-0.4, -0.2) is 19.1 Å². The van der Waals surface area contributed by atoms with E-state index in [1.165, 1.54) is 7.11 Å². The Morgan fingerprint density at radius 1 is 1.39 bits per heavy atom. The zero-order valence-corrected chi connectivity index (χ0v) is 12.5. The van der Waals surface area contributed by atoms with Crippen molar-refractivity contribution < 1.29 is 9.53 Å². The van der Waals surface area contributed by atoms with Gasteiger partial charge in [0.2, 0.25) is 0 Å². The van der Waals surface area contributed by atoms with E-state index in [1.54, 1.807) is 0 Å². The molecule has 1 saturated carbocycles. The third kappa shape index (κ3) is 2.86. The van der Waals surface area contributed by atoms with Crippen LogP contribution in [0.15, 0.2) is 16.6 Å². The van der Waals surface area contributed by atoms with Gasteiger partial charge in [0.1, 0.15) is 6.04 Å². The molecule has 18 heavy (non-hydrogen) atoms. The molecule has 0 heterocycles. The lowest BCUT2D eigenvalue weighted by Gasteiger charge is -2.20. The standard InChI is InChI=1S/C14H18BrNO2/c1-8-6-11(15)7-9(2)12(8)16-13(10-4-5-10)14(17)18-3/h6-7,10,13,16H,4-5H2,1-3H3. The van der Waals surface area contributed by atoms with E-state index in [1.807, 2.05) is 13.8 Å². The first-order chi connectivity index (χ1) is 8.52. The Morgan fingerprint density at radius 3 is 2.39 bits per heavy atom. The summed E-state index contributed by atoms with van der Waals surface area (Å²) in [6.07, 6.45) is 2.20. The van der Waals surface area contributed by atoms with Crippen molar-refractivity contribution in [2.45, 2.75) is 32.7 Å².